The fourth-order valence-electron chi connectivity index (χ4n) is 3.46. The molecule has 0 spiro atoms. The lowest BCUT2D eigenvalue weighted by Gasteiger charge is -2.33. The summed E-state index contributed by atoms with van der Waals surface area (Å²) in [6.45, 7) is 6.27. The van der Waals surface area contributed by atoms with Gasteiger partial charge < -0.3 is 10.6 Å². The molecule has 2 N–H and O–H groups in total. The molecule has 7 nitrogen and oxygen atoms in total. The Labute approximate surface area is 189 Å². The van der Waals surface area contributed by atoms with Crippen molar-refractivity contribution < 1.29 is 9.59 Å². The molecule has 0 saturated carbocycles. The summed E-state index contributed by atoms with van der Waals surface area (Å²) in [6.07, 6.45) is 0. The van der Waals surface area contributed by atoms with Crippen molar-refractivity contribution in [3.8, 4) is 10.6 Å². The molecule has 1 aliphatic heterocycles. The summed E-state index contributed by atoms with van der Waals surface area (Å²) in [5, 5.41) is 11.0. The van der Waals surface area contributed by atoms with Crippen molar-refractivity contribution >= 4 is 45.9 Å². The molecular formula is C22H25N5O2S2. The first-order chi connectivity index (χ1) is 15.0. The number of carbonyl (C=O) groups excluding carboxylic acids is 2. The summed E-state index contributed by atoms with van der Waals surface area (Å²) in [5.74, 6) is -0.144. The SMILES string of the molecule is CC(=O)Nc1ccc(NC(=O)CN2CCN(Cc3nc(-c4cccs4)cs3)CC2)cc1. The second-order valence-corrected chi connectivity index (χ2v) is 9.35. The molecule has 1 aliphatic rings. The highest BCUT2D eigenvalue weighted by Gasteiger charge is 2.20. The van der Waals surface area contributed by atoms with Gasteiger partial charge >= 0.3 is 0 Å². The highest BCUT2D eigenvalue weighted by molar-refractivity contribution is 7.14. The van der Waals surface area contributed by atoms with E-state index < -0.39 is 0 Å². The van der Waals surface area contributed by atoms with Gasteiger partial charge in [-0.15, -0.1) is 22.7 Å². The molecule has 162 valence electrons. The Kier molecular flexibility index (Phi) is 7.08. The minimum absolute atomic E-state index is 0.0266. The second-order valence-electron chi connectivity index (χ2n) is 7.46. The molecule has 3 aromatic rings. The number of hydrogen-bond acceptors (Lipinski definition) is 7. The van der Waals surface area contributed by atoms with Crippen molar-refractivity contribution in [1.29, 1.82) is 0 Å². The van der Waals surface area contributed by atoms with Crippen LogP contribution in [0, 0.1) is 0 Å². The normalized spacial score (nSPS) is 15.0. The van der Waals surface area contributed by atoms with E-state index in [0.717, 1.165) is 49.1 Å². The predicted molar refractivity (Wildman–Crippen MR) is 127 cm³/mol. The summed E-state index contributed by atoms with van der Waals surface area (Å²) in [4.78, 5) is 34.0. The van der Waals surface area contributed by atoms with Gasteiger partial charge in [-0.2, -0.15) is 0 Å². The minimum atomic E-state index is -0.117. The Morgan fingerprint density at radius 3 is 2.29 bits per heavy atom. The van der Waals surface area contributed by atoms with Crippen molar-refractivity contribution in [2.75, 3.05) is 43.4 Å². The van der Waals surface area contributed by atoms with Crippen LogP contribution in [-0.4, -0.2) is 59.3 Å². The van der Waals surface area contributed by atoms with Crippen molar-refractivity contribution in [2.45, 2.75) is 13.5 Å². The highest BCUT2D eigenvalue weighted by Crippen LogP contribution is 2.26. The zero-order valence-corrected chi connectivity index (χ0v) is 19.0. The van der Waals surface area contributed by atoms with E-state index in [1.165, 1.54) is 11.8 Å². The summed E-state index contributed by atoms with van der Waals surface area (Å²) in [6, 6.07) is 11.3. The van der Waals surface area contributed by atoms with Crippen LogP contribution < -0.4 is 10.6 Å². The Morgan fingerprint density at radius 2 is 1.65 bits per heavy atom. The molecule has 9 heteroatoms. The molecule has 3 heterocycles. The fraction of sp³-hybridized carbons (Fsp3) is 0.318. The summed E-state index contributed by atoms with van der Waals surface area (Å²) >= 11 is 3.43. The average molecular weight is 456 g/mol. The van der Waals surface area contributed by atoms with E-state index >= 15 is 0 Å². The van der Waals surface area contributed by atoms with Crippen LogP contribution in [-0.2, 0) is 16.1 Å². The number of benzene rings is 1. The number of thiophene rings is 1. The van der Waals surface area contributed by atoms with Gasteiger partial charge in [0.25, 0.3) is 0 Å². The van der Waals surface area contributed by atoms with E-state index in [0.29, 0.717) is 12.2 Å². The number of thiazole rings is 1. The van der Waals surface area contributed by atoms with Crippen LogP contribution in [0.5, 0.6) is 0 Å². The molecule has 0 atom stereocenters. The van der Waals surface area contributed by atoms with Crippen LogP contribution in [0.1, 0.15) is 11.9 Å². The van der Waals surface area contributed by atoms with Crippen LogP contribution in [0.2, 0.25) is 0 Å². The van der Waals surface area contributed by atoms with Crippen molar-refractivity contribution in [1.82, 2.24) is 14.8 Å². The number of nitrogens with one attached hydrogen (secondary N) is 2. The third kappa shape index (κ3) is 6.20. The first-order valence-electron chi connectivity index (χ1n) is 10.2. The summed E-state index contributed by atoms with van der Waals surface area (Å²) in [5.41, 5.74) is 2.50. The quantitative estimate of drug-likeness (QED) is 0.569. The number of hydrogen-bond donors (Lipinski definition) is 2. The molecule has 0 unspecified atom stereocenters. The molecule has 4 rings (SSSR count). The molecule has 31 heavy (non-hydrogen) atoms. The van der Waals surface area contributed by atoms with Gasteiger partial charge in [0, 0.05) is 49.9 Å². The number of anilines is 2. The van der Waals surface area contributed by atoms with Crippen LogP contribution >= 0.6 is 22.7 Å². The molecule has 1 fully saturated rings. The summed E-state index contributed by atoms with van der Waals surface area (Å²) in [7, 11) is 0. The monoisotopic (exact) mass is 455 g/mol. The molecule has 0 bridgehead atoms. The van der Waals surface area contributed by atoms with Crippen LogP contribution in [0.3, 0.4) is 0 Å². The van der Waals surface area contributed by atoms with Crippen molar-refractivity contribution in [2.24, 2.45) is 0 Å². The van der Waals surface area contributed by atoms with Gasteiger partial charge in [-0.1, -0.05) is 6.07 Å². The molecular weight excluding hydrogens is 430 g/mol. The van der Waals surface area contributed by atoms with Crippen LogP contribution in [0.15, 0.2) is 47.2 Å². The Morgan fingerprint density at radius 1 is 0.968 bits per heavy atom. The minimum Gasteiger partial charge on any atom is -0.326 e. The number of rotatable bonds is 7. The molecule has 0 radical (unpaired) electrons. The predicted octanol–water partition coefficient (Wildman–Crippen LogP) is 3.59. The lowest BCUT2D eigenvalue weighted by atomic mass is 10.2. The number of amides is 2. The van der Waals surface area contributed by atoms with Gasteiger partial charge in [0.15, 0.2) is 0 Å². The van der Waals surface area contributed by atoms with E-state index in [1.807, 2.05) is 0 Å². The maximum atomic E-state index is 12.4. The molecule has 2 aromatic heterocycles. The first kappa shape index (κ1) is 21.6. The maximum absolute atomic E-state index is 12.4. The van der Waals surface area contributed by atoms with E-state index in [1.54, 1.807) is 46.9 Å². The lowest BCUT2D eigenvalue weighted by Crippen LogP contribution is -2.48. The summed E-state index contributed by atoms with van der Waals surface area (Å²) < 4.78 is 0. The van der Waals surface area contributed by atoms with Crippen molar-refractivity contribution in [3.05, 3.63) is 52.2 Å². The smallest absolute Gasteiger partial charge is 0.238 e. The third-order valence-electron chi connectivity index (χ3n) is 5.01. The zero-order chi connectivity index (χ0) is 21.6. The van der Waals surface area contributed by atoms with Crippen molar-refractivity contribution in [3.63, 3.8) is 0 Å². The maximum Gasteiger partial charge on any atom is 0.238 e. The number of aromatic nitrogens is 1. The van der Waals surface area contributed by atoms with Crippen LogP contribution in [0.4, 0.5) is 11.4 Å². The Balaban J connectivity index is 1.20. The van der Waals surface area contributed by atoms with Gasteiger partial charge in [-0.05, 0) is 35.7 Å². The number of nitrogens with zero attached hydrogens (tertiary/aromatic N) is 3. The van der Waals surface area contributed by atoms with Gasteiger partial charge in [0.1, 0.15) is 5.01 Å². The van der Waals surface area contributed by atoms with E-state index in [-0.39, 0.29) is 11.8 Å². The molecule has 0 aliphatic carbocycles. The van der Waals surface area contributed by atoms with Gasteiger partial charge in [0.05, 0.1) is 23.7 Å². The Hall–Kier alpha value is -2.59. The second kappa shape index (κ2) is 10.1. The number of carbonyl (C=O) groups is 2. The third-order valence-corrected chi connectivity index (χ3v) is 6.73. The van der Waals surface area contributed by atoms with E-state index in [9.17, 15) is 9.59 Å². The number of piperazine rings is 1. The zero-order valence-electron chi connectivity index (χ0n) is 17.3. The molecule has 1 aromatic carbocycles. The largest absolute Gasteiger partial charge is 0.326 e. The highest BCUT2D eigenvalue weighted by atomic mass is 32.1. The van der Waals surface area contributed by atoms with Gasteiger partial charge in [0.2, 0.25) is 11.8 Å². The Bertz CT molecular complexity index is 1010. The first-order valence-corrected chi connectivity index (χ1v) is 11.9. The lowest BCUT2D eigenvalue weighted by molar-refractivity contribution is -0.117. The van der Waals surface area contributed by atoms with Crippen LogP contribution in [0.25, 0.3) is 10.6 Å². The fourth-order valence-corrected chi connectivity index (χ4v) is 5.06. The average Bonchev–Trinajstić information content (AvgIpc) is 3.42. The van der Waals surface area contributed by atoms with Gasteiger partial charge in [-0.3, -0.25) is 19.4 Å². The van der Waals surface area contributed by atoms with E-state index in [2.05, 4.69) is 43.3 Å². The molecule has 2 amide bonds. The topological polar surface area (TPSA) is 77.6 Å². The standard InChI is InChI=1S/C22H25N5O2S2/c1-16(28)23-17-4-6-18(7-5-17)24-21(29)13-26-8-10-27(11-9-26)14-22-25-19(15-31-22)20-3-2-12-30-20/h2-7,12,15H,8-11,13-14H2,1H3,(H,23,28)(H,24,29). The van der Waals surface area contributed by atoms with Gasteiger partial charge in [-0.25, -0.2) is 4.98 Å². The van der Waals surface area contributed by atoms with E-state index in [4.69, 9.17) is 4.98 Å². The molecule has 1 saturated heterocycles.